The minimum Gasteiger partial charge on any atom is -0.382 e. The largest absolute Gasteiger partial charge is 0.382 e. The van der Waals surface area contributed by atoms with Crippen LogP contribution in [0.15, 0.2) is 0 Å². The van der Waals surface area contributed by atoms with Gasteiger partial charge in [-0.3, -0.25) is 0 Å². The van der Waals surface area contributed by atoms with Crippen molar-refractivity contribution in [2.24, 2.45) is 5.92 Å². The number of rotatable bonds is 6. The van der Waals surface area contributed by atoms with Crippen LogP contribution in [0, 0.1) is 5.92 Å². The summed E-state index contributed by atoms with van der Waals surface area (Å²) in [5.74, 6) is 0.634. The van der Waals surface area contributed by atoms with Crippen LogP contribution < -0.4 is 0 Å². The molecule has 0 saturated carbocycles. The van der Waals surface area contributed by atoms with Gasteiger partial charge < -0.3 is 8.92 Å². The van der Waals surface area contributed by atoms with Crippen LogP contribution >= 0.6 is 10.3 Å². The predicted octanol–water partition coefficient (Wildman–Crippen LogP) is 3.06. The second-order valence-corrected chi connectivity index (χ2v) is 8.56. The first-order valence-electron chi connectivity index (χ1n) is 5.12. The molecule has 0 amide bonds. The molecule has 0 saturated heterocycles. The van der Waals surface area contributed by atoms with Crippen molar-refractivity contribution in [3.05, 3.63) is 0 Å². The van der Waals surface area contributed by atoms with Gasteiger partial charge in [0.1, 0.15) is 0 Å². The molecule has 0 N–H and O–H groups in total. The van der Waals surface area contributed by atoms with E-state index in [1.807, 2.05) is 0 Å². The first-order valence-corrected chi connectivity index (χ1v) is 7.49. The van der Waals surface area contributed by atoms with Crippen LogP contribution in [-0.4, -0.2) is 37.6 Å². The number of hydrogen-bond donors (Lipinski definition) is 0. The van der Waals surface area contributed by atoms with Crippen molar-refractivity contribution in [2.75, 3.05) is 32.8 Å². The Bertz CT molecular complexity index is 165. The Balaban J connectivity index is 4.29. The Morgan fingerprint density at radius 3 is 2.00 bits per heavy atom. The molecule has 14 heavy (non-hydrogen) atoms. The van der Waals surface area contributed by atoms with E-state index >= 15 is 0 Å². The Morgan fingerprint density at radius 2 is 1.64 bits per heavy atom. The first-order chi connectivity index (χ1) is 6.25. The van der Waals surface area contributed by atoms with Crippen LogP contribution in [0.1, 0.15) is 27.7 Å². The summed E-state index contributed by atoms with van der Waals surface area (Å²) in [5, 5.41) is 0. The van der Waals surface area contributed by atoms with Crippen molar-refractivity contribution >= 4 is 10.3 Å². The maximum Gasteiger partial charge on any atom is 0.0826 e. The van der Waals surface area contributed by atoms with Gasteiger partial charge in [-0.25, -0.2) is 0 Å². The fraction of sp³-hybridized carbons (Fsp3) is 1.00. The topological polar surface area (TPSA) is 18.5 Å². The van der Waals surface area contributed by atoms with Crippen LogP contribution in [0.2, 0.25) is 0 Å². The Hall–Kier alpha value is 0.270. The van der Waals surface area contributed by atoms with E-state index in [2.05, 4.69) is 40.2 Å². The lowest BCUT2D eigenvalue weighted by Gasteiger charge is -2.48. The van der Waals surface area contributed by atoms with E-state index < -0.39 is 10.3 Å². The summed E-state index contributed by atoms with van der Waals surface area (Å²) in [5.41, 5.74) is 0. The average Bonchev–Trinajstić information content (AvgIpc) is 2.04. The van der Waals surface area contributed by atoms with E-state index in [-0.39, 0.29) is 4.75 Å². The summed E-state index contributed by atoms with van der Waals surface area (Å²) < 4.78 is 11.2. The highest BCUT2D eigenvalue weighted by Gasteiger charge is 2.36. The summed E-state index contributed by atoms with van der Waals surface area (Å²) in [6.07, 6.45) is 4.48. The molecule has 0 aromatic heterocycles. The minimum atomic E-state index is -1.01. The summed E-state index contributed by atoms with van der Waals surface area (Å²) >= 11 is 0. The molecule has 88 valence electrons. The molecule has 2 nitrogen and oxygen atoms in total. The van der Waals surface area contributed by atoms with Gasteiger partial charge in [0.15, 0.2) is 0 Å². The van der Waals surface area contributed by atoms with Crippen LogP contribution in [-0.2, 0) is 8.92 Å². The lowest BCUT2D eigenvalue weighted by Crippen LogP contribution is -2.35. The summed E-state index contributed by atoms with van der Waals surface area (Å²) in [6, 6.07) is 0. The zero-order valence-electron chi connectivity index (χ0n) is 10.7. The Morgan fingerprint density at radius 1 is 1.14 bits per heavy atom. The molecule has 0 aliphatic rings. The quantitative estimate of drug-likeness (QED) is 0.643. The van der Waals surface area contributed by atoms with Gasteiger partial charge in [-0.1, -0.05) is 13.8 Å². The monoisotopic (exact) mass is 222 g/mol. The highest BCUT2D eigenvalue weighted by Crippen LogP contribution is 2.57. The van der Waals surface area contributed by atoms with Crippen molar-refractivity contribution in [2.45, 2.75) is 32.4 Å². The van der Waals surface area contributed by atoms with Crippen LogP contribution in [0.25, 0.3) is 0 Å². The molecule has 0 aliphatic carbocycles. The van der Waals surface area contributed by atoms with Gasteiger partial charge >= 0.3 is 0 Å². The molecule has 0 spiro atoms. The molecule has 0 heterocycles. The lowest BCUT2D eigenvalue weighted by molar-refractivity contribution is 0.152. The standard InChI is InChI=1S/C11H26O2S/c1-10(2)11(3,4)14(6,7)13-9-8-12-5/h10H,8-9H2,1-7H3. The number of ether oxygens (including phenoxy) is 1. The van der Waals surface area contributed by atoms with Gasteiger partial charge in [-0.05, 0) is 32.3 Å². The highest BCUT2D eigenvalue weighted by atomic mass is 32.3. The molecule has 0 bridgehead atoms. The van der Waals surface area contributed by atoms with E-state index in [1.54, 1.807) is 7.11 Å². The maximum absolute atomic E-state index is 5.95. The lowest BCUT2D eigenvalue weighted by atomic mass is 10.00. The molecule has 0 atom stereocenters. The molecule has 0 radical (unpaired) electrons. The molecule has 0 unspecified atom stereocenters. The Kier molecular flexibility index (Phi) is 5.48. The van der Waals surface area contributed by atoms with Crippen LogP contribution in [0.4, 0.5) is 0 Å². The third-order valence-electron chi connectivity index (χ3n) is 3.32. The average molecular weight is 222 g/mol. The maximum atomic E-state index is 5.95. The zero-order valence-corrected chi connectivity index (χ0v) is 11.5. The summed E-state index contributed by atoms with van der Waals surface area (Å²) in [4.78, 5) is 0. The molecule has 0 aromatic rings. The van der Waals surface area contributed by atoms with Crippen molar-refractivity contribution < 1.29 is 8.92 Å². The fourth-order valence-electron chi connectivity index (χ4n) is 1.05. The van der Waals surface area contributed by atoms with Crippen molar-refractivity contribution in [3.63, 3.8) is 0 Å². The third kappa shape index (κ3) is 3.44. The van der Waals surface area contributed by atoms with Crippen molar-refractivity contribution in [1.82, 2.24) is 0 Å². The second kappa shape index (κ2) is 5.38. The van der Waals surface area contributed by atoms with E-state index in [0.29, 0.717) is 19.1 Å². The van der Waals surface area contributed by atoms with Gasteiger partial charge in [-0.15, -0.1) is 10.3 Å². The van der Waals surface area contributed by atoms with Gasteiger partial charge in [0.2, 0.25) is 0 Å². The van der Waals surface area contributed by atoms with E-state index in [4.69, 9.17) is 8.92 Å². The Labute approximate surface area is 90.9 Å². The normalized spacial score (nSPS) is 14.9. The molecule has 3 heteroatoms. The zero-order chi connectivity index (χ0) is 11.4. The highest BCUT2D eigenvalue weighted by molar-refractivity contribution is 8.29. The molecule has 0 aromatic carbocycles. The van der Waals surface area contributed by atoms with Crippen LogP contribution in [0.3, 0.4) is 0 Å². The van der Waals surface area contributed by atoms with Gasteiger partial charge in [-0.2, -0.15) is 0 Å². The summed E-state index contributed by atoms with van der Waals surface area (Å²) in [7, 11) is 0.696. The first kappa shape index (κ1) is 14.3. The van der Waals surface area contributed by atoms with E-state index in [0.717, 1.165) is 0 Å². The van der Waals surface area contributed by atoms with Gasteiger partial charge in [0, 0.05) is 11.9 Å². The molecule has 0 rings (SSSR count). The van der Waals surface area contributed by atoms with Gasteiger partial charge in [0.25, 0.3) is 0 Å². The number of methoxy groups -OCH3 is 1. The molecule has 0 aliphatic heterocycles. The van der Waals surface area contributed by atoms with Crippen molar-refractivity contribution in [3.8, 4) is 0 Å². The minimum absolute atomic E-state index is 0.251. The smallest absolute Gasteiger partial charge is 0.0826 e. The van der Waals surface area contributed by atoms with E-state index in [9.17, 15) is 0 Å². The van der Waals surface area contributed by atoms with E-state index in [1.165, 1.54) is 0 Å². The van der Waals surface area contributed by atoms with Gasteiger partial charge in [0.05, 0.1) is 13.2 Å². The summed E-state index contributed by atoms with van der Waals surface area (Å²) in [6.45, 7) is 10.5. The molecular formula is C11H26O2S. The molecular weight excluding hydrogens is 196 g/mol. The third-order valence-corrected chi connectivity index (χ3v) is 7.08. The predicted molar refractivity (Wildman–Crippen MR) is 66.2 cm³/mol. The second-order valence-electron chi connectivity index (χ2n) is 4.81. The van der Waals surface area contributed by atoms with Crippen LogP contribution in [0.5, 0.6) is 0 Å². The fourth-order valence-corrected chi connectivity index (χ4v) is 2.97. The number of hydrogen-bond acceptors (Lipinski definition) is 2. The van der Waals surface area contributed by atoms with Crippen molar-refractivity contribution in [1.29, 1.82) is 0 Å². The SMILES string of the molecule is COCCOS(C)(C)C(C)(C)C(C)C. The molecule has 0 fully saturated rings.